The molecule has 0 radical (unpaired) electrons. The Balaban J connectivity index is 1.83. The summed E-state index contributed by atoms with van der Waals surface area (Å²) in [6, 6.07) is 2.47. The molecule has 1 aromatic heterocycles. The number of rotatable bonds is 4. The lowest BCUT2D eigenvalue weighted by Crippen LogP contribution is -2.33. The molecule has 5 nitrogen and oxygen atoms in total. The van der Waals surface area contributed by atoms with Gasteiger partial charge in [0, 0.05) is 13.1 Å². The van der Waals surface area contributed by atoms with Crippen LogP contribution in [-0.4, -0.2) is 41.8 Å². The zero-order chi connectivity index (χ0) is 14.6. The number of hydrogen-bond donors (Lipinski definition) is 1. The molecular weight excluding hydrogens is 275 g/mol. The SMILES string of the molecule is O=C(CNc1ccc(OC(F)(F)F)cn1)N1CCCC1. The van der Waals surface area contributed by atoms with Crippen LogP contribution in [0.1, 0.15) is 12.8 Å². The molecule has 1 amide bonds. The van der Waals surface area contributed by atoms with E-state index in [9.17, 15) is 18.0 Å². The highest BCUT2D eigenvalue weighted by Gasteiger charge is 2.31. The van der Waals surface area contributed by atoms with Gasteiger partial charge in [0.25, 0.3) is 0 Å². The largest absolute Gasteiger partial charge is 0.573 e. The van der Waals surface area contributed by atoms with Crippen LogP contribution in [0.25, 0.3) is 0 Å². The van der Waals surface area contributed by atoms with Gasteiger partial charge in [0.15, 0.2) is 0 Å². The van der Waals surface area contributed by atoms with Gasteiger partial charge in [0.1, 0.15) is 11.6 Å². The monoisotopic (exact) mass is 289 g/mol. The van der Waals surface area contributed by atoms with Crippen LogP contribution in [0.2, 0.25) is 0 Å². The number of anilines is 1. The molecule has 1 saturated heterocycles. The average Bonchev–Trinajstić information content (AvgIpc) is 2.89. The third kappa shape index (κ3) is 4.29. The molecule has 1 N–H and O–H groups in total. The lowest BCUT2D eigenvalue weighted by atomic mass is 10.4. The molecule has 1 aromatic rings. The Morgan fingerprint density at radius 1 is 1.35 bits per heavy atom. The van der Waals surface area contributed by atoms with Crippen molar-refractivity contribution in [1.29, 1.82) is 0 Å². The zero-order valence-electron chi connectivity index (χ0n) is 10.6. The van der Waals surface area contributed by atoms with Crippen LogP contribution >= 0.6 is 0 Å². The number of carbonyl (C=O) groups excluding carboxylic acids is 1. The summed E-state index contributed by atoms with van der Waals surface area (Å²) in [5, 5.41) is 2.77. The maximum atomic E-state index is 12.0. The van der Waals surface area contributed by atoms with Gasteiger partial charge in [-0.05, 0) is 25.0 Å². The van der Waals surface area contributed by atoms with Crippen LogP contribution in [-0.2, 0) is 4.79 Å². The van der Waals surface area contributed by atoms with Crippen LogP contribution in [0.5, 0.6) is 5.75 Å². The maximum Gasteiger partial charge on any atom is 0.573 e. The summed E-state index contributed by atoms with van der Waals surface area (Å²) in [6.07, 6.45) is -1.76. The van der Waals surface area contributed by atoms with Gasteiger partial charge in [0.2, 0.25) is 5.91 Å². The molecule has 1 fully saturated rings. The van der Waals surface area contributed by atoms with Crippen molar-refractivity contribution < 1.29 is 22.7 Å². The molecule has 0 unspecified atom stereocenters. The number of likely N-dealkylation sites (tertiary alicyclic amines) is 1. The number of aromatic nitrogens is 1. The molecule has 8 heteroatoms. The highest BCUT2D eigenvalue weighted by Crippen LogP contribution is 2.22. The van der Waals surface area contributed by atoms with E-state index in [1.165, 1.54) is 6.07 Å². The number of carbonyl (C=O) groups is 1. The Bertz CT molecular complexity index is 456. The van der Waals surface area contributed by atoms with E-state index in [-0.39, 0.29) is 12.5 Å². The minimum Gasteiger partial charge on any atom is -0.404 e. The minimum absolute atomic E-state index is 0.0417. The van der Waals surface area contributed by atoms with Crippen LogP contribution in [0.3, 0.4) is 0 Å². The van der Waals surface area contributed by atoms with Crippen molar-refractivity contribution in [2.24, 2.45) is 0 Å². The lowest BCUT2D eigenvalue weighted by Gasteiger charge is -2.15. The Morgan fingerprint density at radius 3 is 2.60 bits per heavy atom. The standard InChI is InChI=1S/C12H14F3N3O2/c13-12(14,15)20-9-3-4-10(16-7-9)17-8-11(19)18-5-1-2-6-18/h3-4,7H,1-2,5-6,8H2,(H,16,17). The summed E-state index contributed by atoms with van der Waals surface area (Å²) in [7, 11) is 0. The highest BCUT2D eigenvalue weighted by molar-refractivity contribution is 5.80. The number of nitrogens with one attached hydrogen (secondary N) is 1. The molecule has 0 aromatic carbocycles. The minimum atomic E-state index is -4.73. The number of alkyl halides is 3. The first-order valence-electron chi connectivity index (χ1n) is 6.17. The number of hydrogen-bond acceptors (Lipinski definition) is 4. The van der Waals surface area contributed by atoms with Crippen LogP contribution in [0, 0.1) is 0 Å². The number of ether oxygens (including phenoxy) is 1. The fraction of sp³-hybridized carbons (Fsp3) is 0.500. The van der Waals surface area contributed by atoms with Gasteiger partial charge in [-0.1, -0.05) is 0 Å². The molecule has 2 rings (SSSR count). The van der Waals surface area contributed by atoms with E-state index in [2.05, 4.69) is 15.0 Å². The average molecular weight is 289 g/mol. The molecular formula is C12H14F3N3O2. The van der Waals surface area contributed by atoms with Crippen molar-refractivity contribution >= 4 is 11.7 Å². The summed E-state index contributed by atoms with van der Waals surface area (Å²) < 4.78 is 39.6. The molecule has 0 atom stereocenters. The van der Waals surface area contributed by atoms with Crippen molar-refractivity contribution in [1.82, 2.24) is 9.88 Å². The zero-order valence-corrected chi connectivity index (χ0v) is 10.6. The summed E-state index contributed by atoms with van der Waals surface area (Å²) >= 11 is 0. The van der Waals surface area contributed by atoms with Crippen LogP contribution in [0.15, 0.2) is 18.3 Å². The van der Waals surface area contributed by atoms with E-state index in [1.807, 2.05) is 0 Å². The van der Waals surface area contributed by atoms with Crippen molar-refractivity contribution in [3.8, 4) is 5.75 Å². The molecule has 0 aliphatic carbocycles. The van der Waals surface area contributed by atoms with E-state index < -0.39 is 12.1 Å². The van der Waals surface area contributed by atoms with Crippen molar-refractivity contribution in [2.45, 2.75) is 19.2 Å². The van der Waals surface area contributed by atoms with Crippen LogP contribution in [0.4, 0.5) is 19.0 Å². The summed E-state index contributed by atoms with van der Waals surface area (Å²) in [6.45, 7) is 1.59. The summed E-state index contributed by atoms with van der Waals surface area (Å²) in [5.74, 6) is -0.110. The Morgan fingerprint density at radius 2 is 2.05 bits per heavy atom. The third-order valence-corrected chi connectivity index (χ3v) is 2.85. The van der Waals surface area contributed by atoms with Crippen molar-refractivity contribution in [3.63, 3.8) is 0 Å². The smallest absolute Gasteiger partial charge is 0.404 e. The molecule has 0 spiro atoms. The quantitative estimate of drug-likeness (QED) is 0.921. The third-order valence-electron chi connectivity index (χ3n) is 2.85. The highest BCUT2D eigenvalue weighted by atomic mass is 19.4. The summed E-state index contributed by atoms with van der Waals surface area (Å²) in [4.78, 5) is 17.2. The molecule has 0 bridgehead atoms. The molecule has 1 aliphatic rings. The van der Waals surface area contributed by atoms with Gasteiger partial charge in [-0.2, -0.15) is 0 Å². The first-order valence-corrected chi connectivity index (χ1v) is 6.17. The predicted octanol–water partition coefficient (Wildman–Crippen LogP) is 2.01. The Labute approximate surface area is 113 Å². The van der Waals surface area contributed by atoms with Gasteiger partial charge in [0.05, 0.1) is 12.7 Å². The first-order chi connectivity index (χ1) is 9.44. The first kappa shape index (κ1) is 14.4. The normalized spacial score (nSPS) is 15.2. The molecule has 20 heavy (non-hydrogen) atoms. The second-order valence-corrected chi connectivity index (χ2v) is 4.37. The predicted molar refractivity (Wildman–Crippen MR) is 65.2 cm³/mol. The molecule has 110 valence electrons. The number of pyridine rings is 1. The van der Waals surface area contributed by atoms with Gasteiger partial charge in [-0.3, -0.25) is 4.79 Å². The van der Waals surface area contributed by atoms with E-state index in [0.717, 1.165) is 38.2 Å². The van der Waals surface area contributed by atoms with E-state index in [0.29, 0.717) is 5.82 Å². The van der Waals surface area contributed by atoms with Crippen molar-refractivity contribution in [3.05, 3.63) is 18.3 Å². The van der Waals surface area contributed by atoms with Gasteiger partial charge < -0.3 is 15.0 Å². The van der Waals surface area contributed by atoms with E-state index in [1.54, 1.807) is 4.90 Å². The molecule has 0 saturated carbocycles. The van der Waals surface area contributed by atoms with Gasteiger partial charge in [-0.25, -0.2) is 4.98 Å². The lowest BCUT2D eigenvalue weighted by molar-refractivity contribution is -0.274. The Hall–Kier alpha value is -1.99. The fourth-order valence-corrected chi connectivity index (χ4v) is 1.92. The Kier molecular flexibility index (Phi) is 4.31. The number of halogens is 3. The number of amides is 1. The summed E-state index contributed by atoms with van der Waals surface area (Å²) in [5.41, 5.74) is 0. The number of nitrogens with zero attached hydrogens (tertiary/aromatic N) is 2. The molecule has 2 heterocycles. The second-order valence-electron chi connectivity index (χ2n) is 4.37. The molecule has 1 aliphatic heterocycles. The van der Waals surface area contributed by atoms with Gasteiger partial charge >= 0.3 is 6.36 Å². The topological polar surface area (TPSA) is 54.5 Å². The maximum absolute atomic E-state index is 12.0. The fourth-order valence-electron chi connectivity index (χ4n) is 1.92. The second kappa shape index (κ2) is 5.98. The van der Waals surface area contributed by atoms with Gasteiger partial charge in [-0.15, -0.1) is 13.2 Å². The van der Waals surface area contributed by atoms with E-state index >= 15 is 0 Å². The van der Waals surface area contributed by atoms with E-state index in [4.69, 9.17) is 0 Å². The van der Waals surface area contributed by atoms with Crippen molar-refractivity contribution in [2.75, 3.05) is 25.0 Å². The van der Waals surface area contributed by atoms with Crippen LogP contribution < -0.4 is 10.1 Å².